The van der Waals surface area contributed by atoms with Crippen molar-refractivity contribution in [2.24, 2.45) is 5.73 Å². The molecule has 0 aliphatic heterocycles. The van der Waals surface area contributed by atoms with Gasteiger partial charge in [0.05, 0.1) is 5.39 Å². The van der Waals surface area contributed by atoms with Crippen LogP contribution in [-0.2, 0) is 0 Å². The molecule has 20 heavy (non-hydrogen) atoms. The summed E-state index contributed by atoms with van der Waals surface area (Å²) in [4.78, 5) is 23.9. The highest BCUT2D eigenvalue weighted by molar-refractivity contribution is 5.93. The first-order valence-corrected chi connectivity index (χ1v) is 6.67. The smallest absolute Gasteiger partial charge is 0.287 e. The lowest BCUT2D eigenvalue weighted by molar-refractivity contribution is 0.0902. The number of para-hydroxylation sites is 1. The number of rotatable bonds is 3. The van der Waals surface area contributed by atoms with Crippen LogP contribution in [0.1, 0.15) is 29.8 Å². The van der Waals surface area contributed by atoms with Gasteiger partial charge in [-0.1, -0.05) is 12.1 Å². The van der Waals surface area contributed by atoms with E-state index in [1.165, 1.54) is 6.07 Å². The Morgan fingerprint density at radius 2 is 2.10 bits per heavy atom. The Morgan fingerprint density at radius 3 is 2.80 bits per heavy atom. The molecule has 0 radical (unpaired) electrons. The Morgan fingerprint density at radius 1 is 1.35 bits per heavy atom. The lowest BCUT2D eigenvalue weighted by Gasteiger charge is -2.37. The normalized spacial score (nSPS) is 16.6. The molecule has 0 bridgehead atoms. The highest BCUT2D eigenvalue weighted by Crippen LogP contribution is 2.28. The molecule has 0 saturated heterocycles. The molecule has 0 atom stereocenters. The zero-order chi connectivity index (χ0) is 14.2. The number of nitrogens with one attached hydrogen (secondary N) is 1. The maximum Gasteiger partial charge on any atom is 0.287 e. The predicted octanol–water partition coefficient (Wildman–Crippen LogP) is 1.40. The van der Waals surface area contributed by atoms with Gasteiger partial charge in [-0.2, -0.15) is 0 Å². The largest absolute Gasteiger partial charge is 0.451 e. The van der Waals surface area contributed by atoms with Gasteiger partial charge in [0.2, 0.25) is 0 Å². The van der Waals surface area contributed by atoms with Crippen molar-refractivity contribution in [1.82, 2.24) is 5.32 Å². The van der Waals surface area contributed by atoms with Crippen LogP contribution in [0.25, 0.3) is 11.0 Å². The van der Waals surface area contributed by atoms with Crippen LogP contribution < -0.4 is 16.5 Å². The van der Waals surface area contributed by atoms with Gasteiger partial charge in [0.1, 0.15) is 5.58 Å². The topological polar surface area (TPSA) is 85.3 Å². The quantitative estimate of drug-likeness (QED) is 0.884. The third kappa shape index (κ3) is 2.32. The van der Waals surface area contributed by atoms with Gasteiger partial charge in [0.15, 0.2) is 11.2 Å². The van der Waals surface area contributed by atoms with Crippen LogP contribution >= 0.6 is 0 Å². The van der Waals surface area contributed by atoms with Crippen LogP contribution in [0.15, 0.2) is 39.5 Å². The third-order valence-electron chi connectivity index (χ3n) is 3.81. The van der Waals surface area contributed by atoms with Crippen LogP contribution in [0.2, 0.25) is 0 Å². The zero-order valence-corrected chi connectivity index (χ0v) is 11.0. The van der Waals surface area contributed by atoms with E-state index in [9.17, 15) is 9.59 Å². The maximum atomic E-state index is 12.0. The van der Waals surface area contributed by atoms with E-state index >= 15 is 0 Å². The molecule has 1 fully saturated rings. The third-order valence-corrected chi connectivity index (χ3v) is 3.81. The van der Waals surface area contributed by atoms with E-state index in [1.807, 2.05) is 0 Å². The molecule has 5 heteroatoms. The first-order chi connectivity index (χ1) is 9.57. The Hall–Kier alpha value is -2.14. The molecule has 3 rings (SSSR count). The van der Waals surface area contributed by atoms with Crippen molar-refractivity contribution < 1.29 is 9.21 Å². The minimum absolute atomic E-state index is 0.0247. The molecular weight excluding hydrogens is 256 g/mol. The van der Waals surface area contributed by atoms with Gasteiger partial charge in [-0.25, -0.2) is 0 Å². The highest BCUT2D eigenvalue weighted by Gasteiger charge is 2.32. The fourth-order valence-electron chi connectivity index (χ4n) is 2.37. The summed E-state index contributed by atoms with van der Waals surface area (Å²) in [5, 5.41) is 3.21. The summed E-state index contributed by atoms with van der Waals surface area (Å²) >= 11 is 0. The summed E-state index contributed by atoms with van der Waals surface area (Å²) in [7, 11) is 0. The molecule has 1 aliphatic carbocycles. The second-order valence-electron chi connectivity index (χ2n) is 5.37. The van der Waals surface area contributed by atoms with E-state index in [0.29, 0.717) is 17.5 Å². The number of carbonyl (C=O) groups is 1. The van der Waals surface area contributed by atoms with Crippen LogP contribution in [0.5, 0.6) is 0 Å². The number of carbonyl (C=O) groups excluding carboxylic acids is 1. The fraction of sp³-hybridized carbons (Fsp3) is 0.333. The van der Waals surface area contributed by atoms with E-state index in [4.69, 9.17) is 10.2 Å². The summed E-state index contributed by atoms with van der Waals surface area (Å²) in [5.74, 6) is -0.374. The Kier molecular flexibility index (Phi) is 3.06. The summed E-state index contributed by atoms with van der Waals surface area (Å²) in [5.41, 5.74) is 5.94. The number of nitrogens with two attached hydrogens (primary N) is 1. The highest BCUT2D eigenvalue weighted by atomic mass is 16.3. The summed E-state index contributed by atoms with van der Waals surface area (Å²) < 4.78 is 5.47. The second-order valence-corrected chi connectivity index (χ2v) is 5.37. The van der Waals surface area contributed by atoms with Crippen molar-refractivity contribution in [3.63, 3.8) is 0 Å². The minimum atomic E-state index is -0.399. The van der Waals surface area contributed by atoms with Crippen LogP contribution in [0, 0.1) is 0 Å². The number of hydrogen-bond donors (Lipinski definition) is 2. The molecule has 104 valence electrons. The standard InChI is InChI=1S/C15H16N2O3/c16-15(6-3-7-15)9-17-14(19)13-8-11(18)10-4-1-2-5-12(10)20-13/h1-2,4-5,8H,3,6-7,9,16H2,(H,17,19). The minimum Gasteiger partial charge on any atom is -0.451 e. The second kappa shape index (κ2) is 4.76. The van der Waals surface area contributed by atoms with Crippen LogP contribution in [0.4, 0.5) is 0 Å². The fourth-order valence-corrected chi connectivity index (χ4v) is 2.37. The van der Waals surface area contributed by atoms with E-state index in [2.05, 4.69) is 5.32 Å². The SMILES string of the molecule is NC1(CNC(=O)c2cc(=O)c3ccccc3o2)CCC1. The Bertz CT molecular complexity index is 716. The first-order valence-electron chi connectivity index (χ1n) is 6.67. The van der Waals surface area contributed by atoms with E-state index < -0.39 is 5.91 Å². The van der Waals surface area contributed by atoms with Gasteiger partial charge in [0, 0.05) is 18.2 Å². The molecule has 0 unspecified atom stereocenters. The molecule has 1 amide bonds. The predicted molar refractivity (Wildman–Crippen MR) is 75.6 cm³/mol. The zero-order valence-electron chi connectivity index (χ0n) is 11.0. The molecular formula is C15H16N2O3. The Balaban J connectivity index is 1.82. The van der Waals surface area contributed by atoms with Crippen LogP contribution in [-0.4, -0.2) is 18.0 Å². The van der Waals surface area contributed by atoms with Gasteiger partial charge in [-0.15, -0.1) is 0 Å². The first kappa shape index (κ1) is 12.9. The van der Waals surface area contributed by atoms with Crippen molar-refractivity contribution in [3.05, 3.63) is 46.3 Å². The molecule has 3 N–H and O–H groups in total. The lowest BCUT2D eigenvalue weighted by atomic mass is 9.78. The summed E-state index contributed by atoms with van der Waals surface area (Å²) in [6, 6.07) is 8.08. The molecule has 2 aromatic rings. The molecule has 5 nitrogen and oxygen atoms in total. The summed E-state index contributed by atoms with van der Waals surface area (Å²) in [6.07, 6.45) is 2.92. The molecule has 0 spiro atoms. The molecule has 1 aromatic carbocycles. The van der Waals surface area contributed by atoms with Crippen molar-refractivity contribution in [2.75, 3.05) is 6.54 Å². The molecule has 1 saturated carbocycles. The van der Waals surface area contributed by atoms with Gasteiger partial charge in [0.25, 0.3) is 5.91 Å². The number of benzene rings is 1. The van der Waals surface area contributed by atoms with E-state index in [-0.39, 0.29) is 16.7 Å². The van der Waals surface area contributed by atoms with Crippen molar-refractivity contribution in [1.29, 1.82) is 0 Å². The average Bonchev–Trinajstić information content (AvgIpc) is 2.42. The number of fused-ring (bicyclic) bond motifs is 1. The van der Waals surface area contributed by atoms with Crippen molar-refractivity contribution in [3.8, 4) is 0 Å². The van der Waals surface area contributed by atoms with E-state index in [1.54, 1.807) is 24.3 Å². The van der Waals surface area contributed by atoms with Crippen molar-refractivity contribution in [2.45, 2.75) is 24.8 Å². The van der Waals surface area contributed by atoms with Crippen LogP contribution in [0.3, 0.4) is 0 Å². The average molecular weight is 272 g/mol. The van der Waals surface area contributed by atoms with Gasteiger partial charge < -0.3 is 15.5 Å². The summed E-state index contributed by atoms with van der Waals surface area (Å²) in [6.45, 7) is 0.405. The Labute approximate surface area is 115 Å². The van der Waals surface area contributed by atoms with Gasteiger partial charge >= 0.3 is 0 Å². The van der Waals surface area contributed by atoms with E-state index in [0.717, 1.165) is 19.3 Å². The van der Waals surface area contributed by atoms with Gasteiger partial charge in [-0.3, -0.25) is 9.59 Å². The number of amides is 1. The van der Waals surface area contributed by atoms with Gasteiger partial charge in [-0.05, 0) is 31.4 Å². The molecule has 1 heterocycles. The lowest BCUT2D eigenvalue weighted by Crippen LogP contribution is -2.54. The molecule has 1 aromatic heterocycles. The monoisotopic (exact) mass is 272 g/mol. The number of hydrogen-bond acceptors (Lipinski definition) is 4. The van der Waals surface area contributed by atoms with Crippen molar-refractivity contribution >= 4 is 16.9 Å². The molecule has 1 aliphatic rings. The maximum absolute atomic E-state index is 12.0.